The summed E-state index contributed by atoms with van der Waals surface area (Å²) < 4.78 is 28.1. The van der Waals surface area contributed by atoms with Crippen molar-refractivity contribution in [3.05, 3.63) is 35.7 Å². The van der Waals surface area contributed by atoms with Gasteiger partial charge in [-0.3, -0.25) is 14.8 Å². The minimum absolute atomic E-state index is 0.189. The summed E-state index contributed by atoms with van der Waals surface area (Å²) in [5, 5.41) is 7.36. The van der Waals surface area contributed by atoms with Crippen LogP contribution in [0.1, 0.15) is 23.1 Å². The van der Waals surface area contributed by atoms with Crippen molar-refractivity contribution in [2.75, 3.05) is 19.4 Å². The molecule has 0 bridgehead atoms. The van der Waals surface area contributed by atoms with Crippen LogP contribution in [0.15, 0.2) is 29.2 Å². The first-order valence-electron chi connectivity index (χ1n) is 7.91. The SMILES string of the molecule is CCn1nc(C(=O)Nc2nc3ccc(S(=O)(=O)N(C)C)cc3s2)cc1C. The standard InChI is InChI=1S/C16H19N5O3S2/c1-5-21-10(2)8-13(19-21)15(22)18-16-17-12-7-6-11(9-14(12)25-16)26(23,24)20(3)4/h6-9H,5H2,1-4H3,(H,17,18,22). The highest BCUT2D eigenvalue weighted by Crippen LogP contribution is 2.29. The lowest BCUT2D eigenvalue weighted by Gasteiger charge is -2.10. The topological polar surface area (TPSA) is 97.2 Å². The predicted octanol–water partition coefficient (Wildman–Crippen LogP) is 2.32. The van der Waals surface area contributed by atoms with Gasteiger partial charge in [0.25, 0.3) is 5.91 Å². The van der Waals surface area contributed by atoms with Gasteiger partial charge in [0, 0.05) is 26.3 Å². The van der Waals surface area contributed by atoms with Crippen molar-refractivity contribution in [2.45, 2.75) is 25.3 Å². The number of benzene rings is 1. The number of nitrogens with one attached hydrogen (secondary N) is 1. The summed E-state index contributed by atoms with van der Waals surface area (Å²) in [6.07, 6.45) is 0. The predicted molar refractivity (Wildman–Crippen MR) is 101 cm³/mol. The molecule has 1 aromatic carbocycles. The number of sulfonamides is 1. The van der Waals surface area contributed by atoms with E-state index in [0.29, 0.717) is 27.6 Å². The van der Waals surface area contributed by atoms with E-state index in [1.807, 2.05) is 13.8 Å². The highest BCUT2D eigenvalue weighted by Gasteiger charge is 2.19. The van der Waals surface area contributed by atoms with Crippen LogP contribution in [0.4, 0.5) is 5.13 Å². The van der Waals surface area contributed by atoms with Crippen LogP contribution >= 0.6 is 11.3 Å². The molecule has 0 aliphatic heterocycles. The molecule has 0 fully saturated rings. The second kappa shape index (κ2) is 6.78. The average Bonchev–Trinajstić information content (AvgIpc) is 3.16. The van der Waals surface area contributed by atoms with Gasteiger partial charge in [0.1, 0.15) is 0 Å². The van der Waals surface area contributed by atoms with E-state index in [-0.39, 0.29) is 10.8 Å². The minimum Gasteiger partial charge on any atom is -0.296 e. The number of anilines is 1. The Morgan fingerprint density at radius 3 is 2.65 bits per heavy atom. The Morgan fingerprint density at radius 1 is 1.31 bits per heavy atom. The number of hydrogen-bond acceptors (Lipinski definition) is 6. The molecule has 0 radical (unpaired) electrons. The summed E-state index contributed by atoms with van der Waals surface area (Å²) in [5.74, 6) is -0.347. The quantitative estimate of drug-likeness (QED) is 0.717. The lowest BCUT2D eigenvalue weighted by molar-refractivity contribution is 0.102. The molecule has 0 aliphatic rings. The number of amides is 1. The van der Waals surface area contributed by atoms with Gasteiger partial charge < -0.3 is 0 Å². The van der Waals surface area contributed by atoms with E-state index in [2.05, 4.69) is 15.4 Å². The van der Waals surface area contributed by atoms with Crippen LogP contribution in [0.5, 0.6) is 0 Å². The molecule has 0 saturated heterocycles. The molecule has 0 aliphatic carbocycles. The van der Waals surface area contributed by atoms with Crippen LogP contribution in [-0.4, -0.2) is 47.5 Å². The molecule has 138 valence electrons. The maximum atomic E-state index is 12.4. The number of carbonyl (C=O) groups is 1. The summed E-state index contributed by atoms with van der Waals surface area (Å²) in [4.78, 5) is 16.9. The van der Waals surface area contributed by atoms with Gasteiger partial charge in [-0.2, -0.15) is 5.10 Å². The molecule has 8 nitrogen and oxygen atoms in total. The molecule has 1 amide bonds. The highest BCUT2D eigenvalue weighted by atomic mass is 32.2. The van der Waals surface area contributed by atoms with Gasteiger partial charge in [-0.15, -0.1) is 0 Å². The van der Waals surface area contributed by atoms with E-state index < -0.39 is 10.0 Å². The maximum Gasteiger partial charge on any atom is 0.277 e. The zero-order valence-electron chi connectivity index (χ0n) is 14.8. The van der Waals surface area contributed by atoms with Crippen LogP contribution in [0.25, 0.3) is 10.2 Å². The van der Waals surface area contributed by atoms with E-state index in [1.54, 1.807) is 22.9 Å². The van der Waals surface area contributed by atoms with Crippen LogP contribution in [0.2, 0.25) is 0 Å². The number of hydrogen-bond donors (Lipinski definition) is 1. The van der Waals surface area contributed by atoms with Gasteiger partial charge in [0.2, 0.25) is 10.0 Å². The van der Waals surface area contributed by atoms with E-state index in [9.17, 15) is 13.2 Å². The molecule has 2 heterocycles. The summed E-state index contributed by atoms with van der Waals surface area (Å²) in [6.45, 7) is 4.52. The Kier molecular flexibility index (Phi) is 4.82. The van der Waals surface area contributed by atoms with Gasteiger partial charge in [-0.25, -0.2) is 17.7 Å². The Labute approximate surface area is 155 Å². The van der Waals surface area contributed by atoms with Crippen molar-refractivity contribution >= 4 is 42.6 Å². The van der Waals surface area contributed by atoms with Crippen molar-refractivity contribution in [3.63, 3.8) is 0 Å². The summed E-state index contributed by atoms with van der Waals surface area (Å²) in [5.41, 5.74) is 1.85. The molecule has 0 unspecified atom stereocenters. The number of carbonyl (C=O) groups excluding carboxylic acids is 1. The average molecular weight is 393 g/mol. The number of nitrogens with zero attached hydrogens (tertiary/aromatic N) is 4. The largest absolute Gasteiger partial charge is 0.296 e. The Morgan fingerprint density at radius 2 is 2.04 bits per heavy atom. The minimum atomic E-state index is -3.52. The number of fused-ring (bicyclic) bond motifs is 1. The molecule has 0 saturated carbocycles. The fourth-order valence-corrected chi connectivity index (χ4v) is 4.34. The Bertz CT molecular complexity index is 1080. The van der Waals surface area contributed by atoms with Crippen LogP contribution in [-0.2, 0) is 16.6 Å². The first-order chi connectivity index (χ1) is 12.2. The maximum absolute atomic E-state index is 12.4. The molecule has 26 heavy (non-hydrogen) atoms. The monoisotopic (exact) mass is 393 g/mol. The molecule has 1 N–H and O–H groups in total. The third kappa shape index (κ3) is 3.35. The van der Waals surface area contributed by atoms with Gasteiger partial charge >= 0.3 is 0 Å². The lowest BCUT2D eigenvalue weighted by atomic mass is 10.3. The molecule has 0 spiro atoms. The van der Waals surface area contributed by atoms with E-state index in [4.69, 9.17) is 0 Å². The van der Waals surface area contributed by atoms with E-state index in [1.165, 1.54) is 31.5 Å². The molecular formula is C16H19N5O3S2. The molecule has 0 atom stereocenters. The number of thiazole rings is 1. The van der Waals surface area contributed by atoms with E-state index >= 15 is 0 Å². The number of aromatic nitrogens is 3. The van der Waals surface area contributed by atoms with Gasteiger partial charge in [-0.1, -0.05) is 11.3 Å². The van der Waals surface area contributed by atoms with Crippen LogP contribution < -0.4 is 5.32 Å². The summed E-state index contributed by atoms with van der Waals surface area (Å²) in [6, 6.07) is 6.42. The number of aryl methyl sites for hydroxylation is 2. The molecule has 10 heteroatoms. The first kappa shape index (κ1) is 18.5. The first-order valence-corrected chi connectivity index (χ1v) is 10.2. The Hall–Kier alpha value is -2.30. The van der Waals surface area contributed by atoms with Gasteiger partial charge in [0.05, 0.1) is 15.1 Å². The molecule has 3 aromatic rings. The number of rotatable bonds is 5. The molecule has 3 rings (SSSR count). The van der Waals surface area contributed by atoms with Crippen LogP contribution in [0.3, 0.4) is 0 Å². The zero-order valence-corrected chi connectivity index (χ0v) is 16.5. The third-order valence-electron chi connectivity index (χ3n) is 3.87. The normalized spacial score (nSPS) is 12.0. The summed E-state index contributed by atoms with van der Waals surface area (Å²) >= 11 is 1.22. The third-order valence-corrected chi connectivity index (χ3v) is 6.62. The second-order valence-corrected chi connectivity index (χ2v) is 9.06. The van der Waals surface area contributed by atoms with Gasteiger partial charge in [-0.05, 0) is 38.1 Å². The van der Waals surface area contributed by atoms with E-state index in [0.717, 1.165) is 10.00 Å². The van der Waals surface area contributed by atoms with Crippen molar-refractivity contribution in [1.82, 2.24) is 19.1 Å². The fourth-order valence-electron chi connectivity index (χ4n) is 2.43. The van der Waals surface area contributed by atoms with Crippen molar-refractivity contribution < 1.29 is 13.2 Å². The summed E-state index contributed by atoms with van der Waals surface area (Å²) in [7, 11) is -0.555. The van der Waals surface area contributed by atoms with Crippen molar-refractivity contribution in [1.29, 1.82) is 0 Å². The highest BCUT2D eigenvalue weighted by molar-refractivity contribution is 7.89. The molecular weight excluding hydrogens is 374 g/mol. The van der Waals surface area contributed by atoms with Crippen molar-refractivity contribution in [2.24, 2.45) is 0 Å². The smallest absolute Gasteiger partial charge is 0.277 e. The Balaban J connectivity index is 1.88. The molecule has 2 aromatic heterocycles. The fraction of sp³-hybridized carbons (Fsp3) is 0.312. The lowest BCUT2D eigenvalue weighted by Crippen LogP contribution is -2.22. The van der Waals surface area contributed by atoms with Gasteiger partial charge in [0.15, 0.2) is 10.8 Å². The van der Waals surface area contributed by atoms with Crippen molar-refractivity contribution in [3.8, 4) is 0 Å². The van der Waals surface area contributed by atoms with Crippen LogP contribution in [0, 0.1) is 6.92 Å². The second-order valence-electron chi connectivity index (χ2n) is 5.88. The zero-order chi connectivity index (χ0) is 19.1.